The highest BCUT2D eigenvalue weighted by molar-refractivity contribution is 5.76. The molecule has 6 nitrogen and oxygen atoms in total. The van der Waals surface area contributed by atoms with E-state index in [-0.39, 0.29) is 12.4 Å². The zero-order chi connectivity index (χ0) is 19.5. The first-order valence-corrected chi connectivity index (χ1v) is 9.27. The Kier molecular flexibility index (Phi) is 4.90. The van der Waals surface area contributed by atoms with Crippen LogP contribution < -0.4 is 15.2 Å². The van der Waals surface area contributed by atoms with E-state index in [2.05, 4.69) is 11.1 Å². The molecule has 0 saturated heterocycles. The topological polar surface area (TPSA) is 94.3 Å². The Labute approximate surface area is 163 Å². The van der Waals surface area contributed by atoms with Gasteiger partial charge in [-0.05, 0) is 67.6 Å². The Bertz CT molecular complexity index is 1030. The number of nitrogens with two attached hydrogens (primary N) is 1. The third kappa shape index (κ3) is 3.39. The van der Waals surface area contributed by atoms with E-state index in [9.17, 15) is 5.26 Å². The minimum absolute atomic E-state index is 0.269. The normalized spacial score (nSPS) is 12.9. The lowest BCUT2D eigenvalue weighted by atomic mass is 9.89. The molecule has 142 valence electrons. The van der Waals surface area contributed by atoms with Crippen LogP contribution in [0.25, 0.3) is 11.3 Å². The Morgan fingerprint density at radius 3 is 2.61 bits per heavy atom. The molecule has 3 aromatic rings. The summed E-state index contributed by atoms with van der Waals surface area (Å²) in [6.07, 6.45) is 3.92. The summed E-state index contributed by atoms with van der Waals surface area (Å²) in [5.74, 6) is 3.08. The summed E-state index contributed by atoms with van der Waals surface area (Å²) in [6.45, 7) is 0.289. The van der Waals surface area contributed by atoms with Gasteiger partial charge in [-0.2, -0.15) is 5.26 Å². The second-order valence-electron chi connectivity index (χ2n) is 6.72. The van der Waals surface area contributed by atoms with Crippen LogP contribution in [0.1, 0.15) is 35.4 Å². The number of nitrogen functional groups attached to an aromatic ring is 1. The van der Waals surface area contributed by atoms with Crippen molar-refractivity contribution >= 4 is 5.82 Å². The van der Waals surface area contributed by atoms with E-state index in [1.807, 2.05) is 36.4 Å². The van der Waals surface area contributed by atoms with Crippen molar-refractivity contribution in [2.24, 2.45) is 0 Å². The van der Waals surface area contributed by atoms with Crippen LogP contribution in [-0.4, -0.2) is 12.1 Å². The fourth-order valence-electron chi connectivity index (χ4n) is 3.56. The van der Waals surface area contributed by atoms with E-state index in [4.69, 9.17) is 19.6 Å². The number of ether oxygens (including phenoxy) is 2. The first-order valence-electron chi connectivity index (χ1n) is 9.27. The van der Waals surface area contributed by atoms with Crippen LogP contribution >= 0.6 is 0 Å². The molecule has 1 aliphatic rings. The van der Waals surface area contributed by atoms with Gasteiger partial charge in [0, 0.05) is 11.3 Å². The van der Waals surface area contributed by atoms with Crippen molar-refractivity contribution in [2.45, 2.75) is 32.3 Å². The zero-order valence-electron chi connectivity index (χ0n) is 15.7. The number of furan rings is 1. The van der Waals surface area contributed by atoms with E-state index < -0.39 is 0 Å². The molecule has 2 N–H and O–H groups in total. The van der Waals surface area contributed by atoms with Gasteiger partial charge in [0.15, 0.2) is 0 Å². The Morgan fingerprint density at radius 1 is 1.11 bits per heavy atom. The lowest BCUT2D eigenvalue weighted by Crippen LogP contribution is -2.11. The molecule has 2 aromatic heterocycles. The number of aryl methyl sites for hydroxylation is 1. The van der Waals surface area contributed by atoms with Gasteiger partial charge in [0.05, 0.1) is 7.11 Å². The molecular formula is C22H21N3O3. The van der Waals surface area contributed by atoms with Crippen molar-refractivity contribution in [3.05, 3.63) is 59.0 Å². The summed E-state index contributed by atoms with van der Waals surface area (Å²) in [5, 5.41) is 9.62. The van der Waals surface area contributed by atoms with Crippen LogP contribution in [0.5, 0.6) is 11.5 Å². The molecule has 0 amide bonds. The maximum absolute atomic E-state index is 9.62. The van der Waals surface area contributed by atoms with E-state index in [0.29, 0.717) is 17.1 Å². The van der Waals surface area contributed by atoms with Crippen LogP contribution in [0, 0.1) is 11.3 Å². The molecule has 0 spiro atoms. The van der Waals surface area contributed by atoms with Gasteiger partial charge in [0.2, 0.25) is 0 Å². The van der Waals surface area contributed by atoms with Gasteiger partial charge in [-0.15, -0.1) is 0 Å². The third-order valence-corrected chi connectivity index (χ3v) is 4.96. The minimum Gasteiger partial charge on any atom is -0.497 e. The molecule has 2 heterocycles. The molecule has 0 bridgehead atoms. The van der Waals surface area contributed by atoms with Crippen molar-refractivity contribution in [3.63, 3.8) is 0 Å². The predicted molar refractivity (Wildman–Crippen MR) is 105 cm³/mol. The number of aromatic nitrogens is 1. The molecule has 0 aliphatic heterocycles. The van der Waals surface area contributed by atoms with Gasteiger partial charge < -0.3 is 19.6 Å². The summed E-state index contributed by atoms with van der Waals surface area (Å²) >= 11 is 0. The number of pyridine rings is 1. The lowest BCUT2D eigenvalue weighted by molar-refractivity contribution is 0.271. The Hall–Kier alpha value is -3.46. The van der Waals surface area contributed by atoms with E-state index in [0.717, 1.165) is 54.0 Å². The van der Waals surface area contributed by atoms with Crippen LogP contribution in [0.3, 0.4) is 0 Å². The number of nitrogens with zero attached hydrogens (tertiary/aromatic N) is 2. The van der Waals surface area contributed by atoms with Crippen LogP contribution in [0.15, 0.2) is 40.8 Å². The number of anilines is 1. The fourth-order valence-corrected chi connectivity index (χ4v) is 3.56. The number of rotatable bonds is 5. The molecule has 0 saturated carbocycles. The van der Waals surface area contributed by atoms with Crippen molar-refractivity contribution in [1.29, 1.82) is 5.26 Å². The van der Waals surface area contributed by atoms with Crippen LogP contribution in [-0.2, 0) is 19.4 Å². The number of fused-ring (bicyclic) bond motifs is 1. The first kappa shape index (κ1) is 17.9. The van der Waals surface area contributed by atoms with Gasteiger partial charge in [-0.25, -0.2) is 4.98 Å². The quantitative estimate of drug-likeness (QED) is 0.716. The van der Waals surface area contributed by atoms with Crippen LogP contribution in [0.4, 0.5) is 5.82 Å². The van der Waals surface area contributed by atoms with Crippen molar-refractivity contribution in [3.8, 4) is 28.9 Å². The maximum atomic E-state index is 9.62. The third-order valence-electron chi connectivity index (χ3n) is 4.96. The summed E-state index contributed by atoms with van der Waals surface area (Å²) in [5.41, 5.74) is 9.27. The van der Waals surface area contributed by atoms with Crippen molar-refractivity contribution in [2.75, 3.05) is 12.8 Å². The highest BCUT2D eigenvalue weighted by atomic mass is 16.5. The van der Waals surface area contributed by atoms with Gasteiger partial charge in [0.25, 0.3) is 0 Å². The average Bonchev–Trinajstić information content (AvgIpc) is 3.20. The van der Waals surface area contributed by atoms with Gasteiger partial charge >= 0.3 is 0 Å². The highest BCUT2D eigenvalue weighted by Crippen LogP contribution is 2.36. The molecule has 1 aromatic carbocycles. The summed E-state index contributed by atoms with van der Waals surface area (Å²) in [4.78, 5) is 4.45. The Morgan fingerprint density at radius 2 is 1.86 bits per heavy atom. The molecule has 6 heteroatoms. The Balaban J connectivity index is 1.60. The summed E-state index contributed by atoms with van der Waals surface area (Å²) < 4.78 is 16.9. The second kappa shape index (κ2) is 7.65. The molecule has 4 rings (SSSR count). The molecule has 0 radical (unpaired) electrons. The average molecular weight is 375 g/mol. The minimum atomic E-state index is 0.269. The van der Waals surface area contributed by atoms with Gasteiger partial charge in [0.1, 0.15) is 47.1 Å². The summed E-state index contributed by atoms with van der Waals surface area (Å²) in [6, 6.07) is 13.3. The standard InChI is InChI=1S/C22H21N3O3/c1-26-14-6-8-15(9-7-14)27-13-16-10-11-20(28-16)21-17-4-2-3-5-19(17)25-22(24)18(21)12-23/h6-11H,2-5,13H2,1H3,(H2,24,25). The largest absolute Gasteiger partial charge is 0.497 e. The van der Waals surface area contributed by atoms with Crippen LogP contribution in [0.2, 0.25) is 0 Å². The van der Waals surface area contributed by atoms with Crippen molar-refractivity contribution < 1.29 is 13.9 Å². The molecule has 0 fully saturated rings. The molecule has 1 aliphatic carbocycles. The smallest absolute Gasteiger partial charge is 0.146 e. The lowest BCUT2D eigenvalue weighted by Gasteiger charge is -2.19. The highest BCUT2D eigenvalue weighted by Gasteiger charge is 2.24. The molecule has 0 unspecified atom stereocenters. The SMILES string of the molecule is COc1ccc(OCc2ccc(-c3c(C#N)c(N)nc4c3CCCC4)o2)cc1. The fraction of sp³-hybridized carbons (Fsp3) is 0.273. The predicted octanol–water partition coefficient (Wildman–Crippen LogP) is 4.26. The zero-order valence-corrected chi connectivity index (χ0v) is 15.7. The second-order valence-corrected chi connectivity index (χ2v) is 6.72. The number of nitriles is 1. The maximum Gasteiger partial charge on any atom is 0.146 e. The van der Waals surface area contributed by atoms with Gasteiger partial charge in [-0.1, -0.05) is 0 Å². The van der Waals surface area contributed by atoms with E-state index in [1.54, 1.807) is 7.11 Å². The first-order chi connectivity index (χ1) is 13.7. The monoisotopic (exact) mass is 375 g/mol. The number of benzene rings is 1. The molecule has 28 heavy (non-hydrogen) atoms. The van der Waals surface area contributed by atoms with E-state index >= 15 is 0 Å². The van der Waals surface area contributed by atoms with E-state index in [1.165, 1.54) is 0 Å². The van der Waals surface area contributed by atoms with Gasteiger partial charge in [-0.3, -0.25) is 0 Å². The number of hydrogen-bond donors (Lipinski definition) is 1. The number of methoxy groups -OCH3 is 1. The van der Waals surface area contributed by atoms with Crippen molar-refractivity contribution in [1.82, 2.24) is 4.98 Å². The molecular weight excluding hydrogens is 354 g/mol. The molecule has 0 atom stereocenters. The summed E-state index contributed by atoms with van der Waals surface area (Å²) in [7, 11) is 1.63. The number of hydrogen-bond acceptors (Lipinski definition) is 6.